The largest absolute Gasteiger partial charge is 0.375 e. The summed E-state index contributed by atoms with van der Waals surface area (Å²) in [6, 6.07) is 7.57. The zero-order valence-corrected chi connectivity index (χ0v) is 13.8. The van der Waals surface area contributed by atoms with Crippen LogP contribution in [0.2, 0.25) is 0 Å². The van der Waals surface area contributed by atoms with Gasteiger partial charge in [-0.1, -0.05) is 23.5 Å². The summed E-state index contributed by atoms with van der Waals surface area (Å²) in [5, 5.41) is 3.52. The van der Waals surface area contributed by atoms with Gasteiger partial charge in [-0.2, -0.15) is 0 Å². The Morgan fingerprint density at radius 3 is 2.96 bits per heavy atom. The minimum absolute atomic E-state index is 0.142. The number of hydrogen-bond acceptors (Lipinski definition) is 5. The summed E-state index contributed by atoms with van der Waals surface area (Å²) in [6.07, 6.45) is 6.24. The molecule has 1 N–H and O–H groups in total. The molecule has 6 nitrogen and oxygen atoms in total. The molecule has 0 aliphatic carbocycles. The van der Waals surface area contributed by atoms with Crippen molar-refractivity contribution in [2.75, 3.05) is 11.9 Å². The summed E-state index contributed by atoms with van der Waals surface area (Å²) < 4.78 is 7.39. The number of nitrogens with zero attached hydrogens (tertiary/aromatic N) is 3. The first kappa shape index (κ1) is 15.0. The Labute approximate surface area is 143 Å². The van der Waals surface area contributed by atoms with E-state index in [0.29, 0.717) is 23.9 Å². The van der Waals surface area contributed by atoms with E-state index in [4.69, 9.17) is 4.74 Å². The van der Waals surface area contributed by atoms with E-state index in [0.717, 1.165) is 29.1 Å². The van der Waals surface area contributed by atoms with Crippen molar-refractivity contribution in [1.82, 2.24) is 14.5 Å². The number of ether oxygens (including phenoxy) is 1. The fraction of sp³-hybridized carbons (Fsp3) is 0.235. The van der Waals surface area contributed by atoms with Crippen LogP contribution >= 0.6 is 11.3 Å². The molecule has 3 heterocycles. The van der Waals surface area contributed by atoms with Crippen molar-refractivity contribution in [1.29, 1.82) is 0 Å². The maximum atomic E-state index is 12.4. The Bertz CT molecular complexity index is 817. The van der Waals surface area contributed by atoms with Crippen molar-refractivity contribution in [3.05, 3.63) is 64.7 Å². The predicted octanol–water partition coefficient (Wildman–Crippen LogP) is 2.71. The fourth-order valence-corrected chi connectivity index (χ4v) is 3.54. The molecule has 0 saturated carbocycles. The Balaban J connectivity index is 1.43. The van der Waals surface area contributed by atoms with Crippen LogP contribution in [0.25, 0.3) is 0 Å². The second kappa shape index (κ2) is 6.54. The topological polar surface area (TPSA) is 69.0 Å². The molecule has 3 aromatic rings. The van der Waals surface area contributed by atoms with Gasteiger partial charge in [0.2, 0.25) is 0 Å². The van der Waals surface area contributed by atoms with Gasteiger partial charge < -0.3 is 9.30 Å². The second-order valence-corrected chi connectivity index (χ2v) is 6.66. The molecule has 1 aliphatic heterocycles. The van der Waals surface area contributed by atoms with Gasteiger partial charge in [-0.15, -0.1) is 0 Å². The van der Waals surface area contributed by atoms with Crippen LogP contribution in [0.15, 0.2) is 43.0 Å². The van der Waals surface area contributed by atoms with Crippen LogP contribution in [0.3, 0.4) is 0 Å². The van der Waals surface area contributed by atoms with E-state index in [1.807, 2.05) is 35.0 Å². The van der Waals surface area contributed by atoms with E-state index in [1.165, 1.54) is 11.3 Å². The van der Waals surface area contributed by atoms with Crippen LogP contribution in [0.5, 0.6) is 0 Å². The number of carbonyl (C=O) groups is 1. The van der Waals surface area contributed by atoms with E-state index in [9.17, 15) is 4.79 Å². The standard InChI is InChI=1S/C17H16N4O2S/c22-16(20-17-19-14-5-8-23-10-15(14)24-17)13-3-1-12(2-4-13)9-21-7-6-18-11-21/h1-4,6-7,11H,5,8-10H2,(H,19,20,22). The van der Waals surface area contributed by atoms with Crippen LogP contribution in [0.1, 0.15) is 26.5 Å². The number of carbonyl (C=O) groups excluding carboxylic acids is 1. The van der Waals surface area contributed by atoms with Gasteiger partial charge in [0.1, 0.15) is 0 Å². The molecule has 0 unspecified atom stereocenters. The van der Waals surface area contributed by atoms with Crippen LogP contribution in [0, 0.1) is 0 Å². The molecule has 1 aromatic carbocycles. The SMILES string of the molecule is O=C(Nc1nc2c(s1)COCC2)c1ccc(Cn2ccnc2)cc1. The molecule has 7 heteroatoms. The number of anilines is 1. The van der Waals surface area contributed by atoms with Crippen molar-refractivity contribution >= 4 is 22.4 Å². The van der Waals surface area contributed by atoms with Gasteiger partial charge in [0.25, 0.3) is 5.91 Å². The molecule has 0 fully saturated rings. The van der Waals surface area contributed by atoms with Crippen LogP contribution in [-0.4, -0.2) is 27.0 Å². The summed E-state index contributed by atoms with van der Waals surface area (Å²) in [4.78, 5) is 22.0. The number of nitrogens with one attached hydrogen (secondary N) is 1. The van der Waals surface area contributed by atoms with E-state index >= 15 is 0 Å². The van der Waals surface area contributed by atoms with Crippen molar-refractivity contribution in [3.8, 4) is 0 Å². The van der Waals surface area contributed by atoms with Gasteiger partial charge in [-0.25, -0.2) is 9.97 Å². The second-order valence-electron chi connectivity index (χ2n) is 5.58. The zero-order valence-electron chi connectivity index (χ0n) is 12.9. The summed E-state index contributed by atoms with van der Waals surface area (Å²) in [7, 11) is 0. The molecule has 0 spiro atoms. The van der Waals surface area contributed by atoms with Crippen molar-refractivity contribution < 1.29 is 9.53 Å². The molecule has 122 valence electrons. The van der Waals surface area contributed by atoms with Gasteiger partial charge in [0.15, 0.2) is 5.13 Å². The fourth-order valence-electron chi connectivity index (χ4n) is 2.60. The summed E-state index contributed by atoms with van der Waals surface area (Å²) in [6.45, 7) is 2.02. The Morgan fingerprint density at radius 1 is 1.33 bits per heavy atom. The highest BCUT2D eigenvalue weighted by molar-refractivity contribution is 7.15. The quantitative estimate of drug-likeness (QED) is 0.793. The minimum Gasteiger partial charge on any atom is -0.375 e. The third-order valence-electron chi connectivity index (χ3n) is 3.86. The van der Waals surface area contributed by atoms with Crippen molar-refractivity contribution in [2.45, 2.75) is 19.6 Å². The zero-order chi connectivity index (χ0) is 16.4. The van der Waals surface area contributed by atoms with Crippen LogP contribution in [0.4, 0.5) is 5.13 Å². The number of fused-ring (bicyclic) bond motifs is 1. The van der Waals surface area contributed by atoms with E-state index in [-0.39, 0.29) is 5.91 Å². The maximum Gasteiger partial charge on any atom is 0.257 e. The lowest BCUT2D eigenvalue weighted by Gasteiger charge is -2.08. The molecule has 1 aliphatic rings. The average Bonchev–Trinajstić information content (AvgIpc) is 3.24. The van der Waals surface area contributed by atoms with Crippen LogP contribution in [-0.2, 0) is 24.3 Å². The van der Waals surface area contributed by atoms with E-state index in [1.54, 1.807) is 12.5 Å². The van der Waals surface area contributed by atoms with Crippen LogP contribution < -0.4 is 5.32 Å². The van der Waals surface area contributed by atoms with Gasteiger partial charge in [0.05, 0.1) is 30.1 Å². The molecular formula is C17H16N4O2S. The van der Waals surface area contributed by atoms with Gasteiger partial charge in [-0.05, 0) is 17.7 Å². The predicted molar refractivity (Wildman–Crippen MR) is 91.2 cm³/mol. The molecule has 0 bridgehead atoms. The summed E-state index contributed by atoms with van der Waals surface area (Å²) in [5.74, 6) is -0.142. The third-order valence-corrected chi connectivity index (χ3v) is 4.84. The lowest BCUT2D eigenvalue weighted by molar-refractivity contribution is 0.102. The average molecular weight is 340 g/mol. The first-order chi connectivity index (χ1) is 11.8. The molecule has 0 saturated heterocycles. The minimum atomic E-state index is -0.142. The number of aromatic nitrogens is 3. The summed E-state index contributed by atoms with van der Waals surface area (Å²) >= 11 is 1.49. The lowest BCUT2D eigenvalue weighted by Crippen LogP contribution is -2.12. The maximum absolute atomic E-state index is 12.4. The molecule has 2 aromatic heterocycles. The molecule has 1 amide bonds. The molecule has 24 heavy (non-hydrogen) atoms. The Hall–Kier alpha value is -2.51. The first-order valence-electron chi connectivity index (χ1n) is 7.70. The first-order valence-corrected chi connectivity index (χ1v) is 8.52. The number of hydrogen-bond donors (Lipinski definition) is 1. The summed E-state index contributed by atoms with van der Waals surface area (Å²) in [5.41, 5.74) is 2.78. The van der Waals surface area contributed by atoms with Gasteiger partial charge >= 0.3 is 0 Å². The molecule has 0 radical (unpaired) electrons. The highest BCUT2D eigenvalue weighted by Gasteiger charge is 2.17. The number of benzene rings is 1. The number of amides is 1. The van der Waals surface area contributed by atoms with Gasteiger partial charge in [0, 0.05) is 30.9 Å². The normalized spacial score (nSPS) is 13.5. The van der Waals surface area contributed by atoms with E-state index in [2.05, 4.69) is 15.3 Å². The van der Waals surface area contributed by atoms with Crippen molar-refractivity contribution in [3.63, 3.8) is 0 Å². The number of thiazole rings is 1. The monoisotopic (exact) mass is 340 g/mol. The van der Waals surface area contributed by atoms with Gasteiger partial charge in [-0.3, -0.25) is 10.1 Å². The number of rotatable bonds is 4. The molecule has 4 rings (SSSR count). The third kappa shape index (κ3) is 3.22. The lowest BCUT2D eigenvalue weighted by atomic mass is 10.1. The highest BCUT2D eigenvalue weighted by Crippen LogP contribution is 2.27. The molecule has 0 atom stereocenters. The Kier molecular flexibility index (Phi) is 4.10. The van der Waals surface area contributed by atoms with E-state index < -0.39 is 0 Å². The molecular weight excluding hydrogens is 324 g/mol. The smallest absolute Gasteiger partial charge is 0.257 e. The number of imidazole rings is 1. The highest BCUT2D eigenvalue weighted by atomic mass is 32.1. The Morgan fingerprint density at radius 2 is 2.21 bits per heavy atom. The van der Waals surface area contributed by atoms with Crippen molar-refractivity contribution in [2.24, 2.45) is 0 Å².